The van der Waals surface area contributed by atoms with Gasteiger partial charge in [-0.05, 0) is 12.6 Å². The number of rotatable bonds is 5. The zero-order chi connectivity index (χ0) is 13.0. The number of nitrogens with zero attached hydrogens (tertiary/aromatic N) is 2. The third-order valence-electron chi connectivity index (χ3n) is 2.41. The second kappa shape index (κ2) is 6.22. The van der Waals surface area contributed by atoms with Crippen LogP contribution in [0.25, 0.3) is 10.6 Å². The predicted molar refractivity (Wildman–Crippen MR) is 72.6 cm³/mol. The Morgan fingerprint density at radius 2 is 2.22 bits per heavy atom. The maximum atomic E-state index is 13.3. The first kappa shape index (κ1) is 13.4. The molecule has 0 fully saturated rings. The molecule has 0 aliphatic heterocycles. The van der Waals surface area contributed by atoms with Gasteiger partial charge in [0.1, 0.15) is 15.8 Å². The van der Waals surface area contributed by atoms with E-state index >= 15 is 0 Å². The van der Waals surface area contributed by atoms with E-state index in [1.165, 1.54) is 17.4 Å². The molecule has 0 unspecified atom stereocenters. The number of hydrogen-bond acceptors (Lipinski definition) is 4. The van der Waals surface area contributed by atoms with Gasteiger partial charge in [-0.1, -0.05) is 42.0 Å². The van der Waals surface area contributed by atoms with Crippen molar-refractivity contribution in [2.24, 2.45) is 0 Å². The summed E-state index contributed by atoms with van der Waals surface area (Å²) in [5.74, 6) is -0.432. The van der Waals surface area contributed by atoms with Gasteiger partial charge in [-0.15, -0.1) is 10.2 Å². The number of aromatic nitrogens is 2. The van der Waals surface area contributed by atoms with Gasteiger partial charge < -0.3 is 5.32 Å². The van der Waals surface area contributed by atoms with Crippen LogP contribution in [0.1, 0.15) is 11.9 Å². The first-order valence-electron chi connectivity index (χ1n) is 5.70. The van der Waals surface area contributed by atoms with E-state index in [1.807, 2.05) is 0 Å². The van der Waals surface area contributed by atoms with E-state index in [-0.39, 0.29) is 5.02 Å². The van der Waals surface area contributed by atoms with Crippen LogP contribution in [-0.4, -0.2) is 23.3 Å². The Bertz CT molecular complexity index is 530. The van der Waals surface area contributed by atoms with Gasteiger partial charge >= 0.3 is 0 Å². The molecular weight excluding hydrogens is 273 g/mol. The van der Waals surface area contributed by atoms with Gasteiger partial charge in [0.25, 0.3) is 0 Å². The van der Waals surface area contributed by atoms with Gasteiger partial charge in [-0.2, -0.15) is 0 Å². The van der Waals surface area contributed by atoms with E-state index in [9.17, 15) is 4.39 Å². The highest BCUT2D eigenvalue weighted by Crippen LogP contribution is 2.31. The Kier molecular flexibility index (Phi) is 4.63. The van der Waals surface area contributed by atoms with E-state index in [0.717, 1.165) is 24.5 Å². The fourth-order valence-corrected chi connectivity index (χ4v) is 2.65. The molecule has 0 aliphatic carbocycles. The molecule has 0 atom stereocenters. The molecule has 0 saturated carbocycles. The highest BCUT2D eigenvalue weighted by atomic mass is 35.5. The Morgan fingerprint density at radius 3 is 3.00 bits per heavy atom. The quantitative estimate of drug-likeness (QED) is 0.858. The van der Waals surface area contributed by atoms with Crippen LogP contribution in [0.2, 0.25) is 5.02 Å². The van der Waals surface area contributed by atoms with E-state index in [1.54, 1.807) is 12.1 Å². The lowest BCUT2D eigenvalue weighted by atomic mass is 10.2. The molecule has 0 spiro atoms. The molecular formula is C12H13ClFN3S. The molecule has 1 heterocycles. The second-order valence-corrected chi connectivity index (χ2v) is 5.15. The molecule has 3 nitrogen and oxygen atoms in total. The minimum Gasteiger partial charge on any atom is -0.317 e. The van der Waals surface area contributed by atoms with E-state index in [4.69, 9.17) is 11.6 Å². The van der Waals surface area contributed by atoms with E-state index in [0.29, 0.717) is 10.6 Å². The fraction of sp³-hybridized carbons (Fsp3) is 0.333. The van der Waals surface area contributed by atoms with E-state index < -0.39 is 5.82 Å². The summed E-state index contributed by atoms with van der Waals surface area (Å²) in [6.07, 6.45) is 0.818. The van der Waals surface area contributed by atoms with Crippen LogP contribution in [0.15, 0.2) is 18.2 Å². The molecule has 1 N–H and O–H groups in total. The van der Waals surface area contributed by atoms with Gasteiger partial charge in [0.05, 0.1) is 5.02 Å². The average molecular weight is 286 g/mol. The second-order valence-electron chi connectivity index (χ2n) is 3.71. The lowest BCUT2D eigenvalue weighted by Crippen LogP contribution is -2.15. The minimum atomic E-state index is -0.432. The van der Waals surface area contributed by atoms with Crippen LogP contribution in [-0.2, 0) is 6.42 Å². The summed E-state index contributed by atoms with van der Waals surface area (Å²) in [6.45, 7) is 3.85. The molecule has 6 heteroatoms. The molecule has 2 aromatic rings. The van der Waals surface area contributed by atoms with E-state index in [2.05, 4.69) is 22.4 Å². The molecule has 0 radical (unpaired) electrons. The SMILES string of the molecule is CCNCCc1nnc(-c2cccc(F)c2Cl)s1. The number of halogens is 2. The van der Waals surface area contributed by atoms with Crippen molar-refractivity contribution in [3.63, 3.8) is 0 Å². The Morgan fingerprint density at radius 1 is 1.39 bits per heavy atom. The van der Waals surface area contributed by atoms with Gasteiger partial charge in [-0.3, -0.25) is 0 Å². The lowest BCUT2D eigenvalue weighted by Gasteiger charge is -1.99. The predicted octanol–water partition coefficient (Wildman–Crippen LogP) is 3.15. The Balaban J connectivity index is 2.16. The number of nitrogens with one attached hydrogen (secondary N) is 1. The summed E-state index contributed by atoms with van der Waals surface area (Å²) >= 11 is 7.36. The van der Waals surface area contributed by atoms with Gasteiger partial charge in [0.15, 0.2) is 0 Å². The topological polar surface area (TPSA) is 37.8 Å². The first-order valence-corrected chi connectivity index (χ1v) is 6.89. The summed E-state index contributed by atoms with van der Waals surface area (Å²) in [4.78, 5) is 0. The first-order chi connectivity index (χ1) is 8.72. The van der Waals surface area contributed by atoms with Gasteiger partial charge in [0, 0.05) is 18.5 Å². The number of benzene rings is 1. The third kappa shape index (κ3) is 3.04. The normalized spacial score (nSPS) is 10.8. The summed E-state index contributed by atoms with van der Waals surface area (Å²) < 4.78 is 13.3. The summed E-state index contributed by atoms with van der Waals surface area (Å²) in [5, 5.41) is 13.0. The zero-order valence-electron chi connectivity index (χ0n) is 9.91. The highest BCUT2D eigenvalue weighted by Gasteiger charge is 2.12. The van der Waals surface area contributed by atoms with Crippen molar-refractivity contribution < 1.29 is 4.39 Å². The summed E-state index contributed by atoms with van der Waals surface area (Å²) in [5.41, 5.74) is 0.601. The molecule has 1 aromatic heterocycles. The van der Waals surface area contributed by atoms with Crippen molar-refractivity contribution in [1.29, 1.82) is 0 Å². The highest BCUT2D eigenvalue weighted by molar-refractivity contribution is 7.14. The summed E-state index contributed by atoms with van der Waals surface area (Å²) in [6, 6.07) is 4.70. The maximum absolute atomic E-state index is 13.3. The molecule has 18 heavy (non-hydrogen) atoms. The van der Waals surface area contributed by atoms with Crippen molar-refractivity contribution in [1.82, 2.24) is 15.5 Å². The smallest absolute Gasteiger partial charge is 0.149 e. The summed E-state index contributed by atoms with van der Waals surface area (Å²) in [7, 11) is 0. The molecule has 0 aliphatic rings. The van der Waals surface area contributed by atoms with Crippen LogP contribution >= 0.6 is 22.9 Å². The molecule has 0 amide bonds. The van der Waals surface area contributed by atoms with Crippen molar-refractivity contribution in [3.05, 3.63) is 34.0 Å². The number of likely N-dealkylation sites (N-methyl/N-ethyl adjacent to an activating group) is 1. The lowest BCUT2D eigenvalue weighted by molar-refractivity contribution is 0.628. The fourth-order valence-electron chi connectivity index (χ4n) is 1.50. The van der Waals surface area contributed by atoms with Crippen molar-refractivity contribution in [2.45, 2.75) is 13.3 Å². The molecule has 0 saturated heterocycles. The Labute approximate surface area is 114 Å². The molecule has 0 bridgehead atoms. The van der Waals surface area contributed by atoms with Gasteiger partial charge in [-0.25, -0.2) is 4.39 Å². The molecule has 2 rings (SSSR count). The third-order valence-corrected chi connectivity index (χ3v) is 3.81. The monoisotopic (exact) mass is 285 g/mol. The minimum absolute atomic E-state index is 0.104. The van der Waals surface area contributed by atoms with Crippen LogP contribution < -0.4 is 5.32 Å². The van der Waals surface area contributed by atoms with Crippen molar-refractivity contribution in [3.8, 4) is 10.6 Å². The zero-order valence-corrected chi connectivity index (χ0v) is 11.5. The number of hydrogen-bond donors (Lipinski definition) is 1. The van der Waals surface area contributed by atoms with Gasteiger partial charge in [0.2, 0.25) is 0 Å². The standard InChI is InChI=1S/C12H13ClFN3S/c1-2-15-7-6-10-16-17-12(18-10)8-4-3-5-9(14)11(8)13/h3-5,15H,2,6-7H2,1H3. The Hall–Kier alpha value is -1.04. The molecule has 1 aromatic carbocycles. The van der Waals surface area contributed by atoms with Crippen molar-refractivity contribution >= 4 is 22.9 Å². The maximum Gasteiger partial charge on any atom is 0.149 e. The van der Waals surface area contributed by atoms with Crippen molar-refractivity contribution in [2.75, 3.05) is 13.1 Å². The van der Waals surface area contributed by atoms with Crippen LogP contribution in [0.3, 0.4) is 0 Å². The van der Waals surface area contributed by atoms with Crippen LogP contribution in [0.4, 0.5) is 4.39 Å². The average Bonchev–Trinajstić information content (AvgIpc) is 2.82. The largest absolute Gasteiger partial charge is 0.317 e. The van der Waals surface area contributed by atoms with Crippen LogP contribution in [0.5, 0.6) is 0 Å². The molecule has 96 valence electrons. The van der Waals surface area contributed by atoms with Crippen LogP contribution in [0, 0.1) is 5.82 Å².